The summed E-state index contributed by atoms with van der Waals surface area (Å²) < 4.78 is 2.14. The molecule has 0 spiro atoms. The molecule has 6 rings (SSSR count). The van der Waals surface area contributed by atoms with Gasteiger partial charge in [-0.25, -0.2) is 0 Å². The summed E-state index contributed by atoms with van der Waals surface area (Å²) >= 11 is 9.52. The summed E-state index contributed by atoms with van der Waals surface area (Å²) in [6.45, 7) is 0. The zero-order valence-corrected chi connectivity index (χ0v) is 25.9. The summed E-state index contributed by atoms with van der Waals surface area (Å²) in [6.07, 6.45) is 4.17. The first-order valence-corrected chi connectivity index (χ1v) is 18.0. The first-order valence-electron chi connectivity index (χ1n) is 13.2. The van der Waals surface area contributed by atoms with E-state index in [1.165, 1.54) is 42.8 Å². The van der Waals surface area contributed by atoms with Gasteiger partial charge in [-0.1, -0.05) is 0 Å². The summed E-state index contributed by atoms with van der Waals surface area (Å²) in [5.74, 6) is 0. The fourth-order valence-corrected chi connectivity index (χ4v) is 13.1. The van der Waals surface area contributed by atoms with Crippen molar-refractivity contribution in [3.8, 4) is 0 Å². The van der Waals surface area contributed by atoms with Crippen LogP contribution in [0.3, 0.4) is 0 Å². The molecule has 0 saturated heterocycles. The monoisotopic (exact) mass is 591 g/mol. The Labute approximate surface area is 251 Å². The van der Waals surface area contributed by atoms with E-state index in [9.17, 15) is 0 Å². The number of thiocarbonyl (C=S) groups is 1. The van der Waals surface area contributed by atoms with Crippen LogP contribution in [0.4, 0.5) is 0 Å². The number of hydrogen-bond donors (Lipinski definition) is 0. The molecular weight excluding hydrogens is 562 g/mol. The molecule has 0 amide bonds. The van der Waals surface area contributed by atoms with Crippen molar-refractivity contribution in [3.63, 3.8) is 0 Å². The Morgan fingerprint density at radius 3 is 1.18 bits per heavy atom. The first kappa shape index (κ1) is 27.1. The van der Waals surface area contributed by atoms with E-state index in [1.54, 1.807) is 23.9 Å². The molecule has 0 aromatic heterocycles. The Kier molecular flexibility index (Phi) is 7.96. The SMILES string of the molecule is CSN(SC)C(=S)c1c2ccccc2c([PH](c2ccccc2)(c2ccccc2)c2ccccc2)c2ccccc12. The van der Waals surface area contributed by atoms with Crippen LogP contribution in [0.25, 0.3) is 21.5 Å². The van der Waals surface area contributed by atoms with Crippen LogP contribution in [-0.4, -0.2) is 21.2 Å². The molecule has 0 fully saturated rings. The Morgan fingerprint density at radius 2 is 0.825 bits per heavy atom. The van der Waals surface area contributed by atoms with Gasteiger partial charge < -0.3 is 0 Å². The van der Waals surface area contributed by atoms with Crippen molar-refractivity contribution in [2.45, 2.75) is 0 Å². The van der Waals surface area contributed by atoms with E-state index in [-0.39, 0.29) is 0 Å². The Morgan fingerprint density at radius 1 is 0.500 bits per heavy atom. The number of nitrogens with zero attached hydrogens (tertiary/aromatic N) is 1. The second-order valence-corrected chi connectivity index (χ2v) is 15.4. The number of rotatable bonds is 7. The Bertz CT molecular complexity index is 1630. The van der Waals surface area contributed by atoms with Crippen molar-refractivity contribution in [2.75, 3.05) is 12.5 Å². The molecule has 0 N–H and O–H groups in total. The van der Waals surface area contributed by atoms with Crippen LogP contribution in [-0.2, 0) is 0 Å². The van der Waals surface area contributed by atoms with E-state index >= 15 is 0 Å². The normalized spacial score (nSPS) is 11.9. The van der Waals surface area contributed by atoms with E-state index in [4.69, 9.17) is 12.2 Å². The molecule has 6 aromatic carbocycles. The van der Waals surface area contributed by atoms with Crippen molar-refractivity contribution in [2.24, 2.45) is 0 Å². The molecule has 0 aliphatic heterocycles. The van der Waals surface area contributed by atoms with Gasteiger partial charge in [0.2, 0.25) is 0 Å². The molecule has 0 aliphatic carbocycles. The maximum atomic E-state index is 6.21. The zero-order valence-electron chi connectivity index (χ0n) is 22.5. The van der Waals surface area contributed by atoms with Crippen molar-refractivity contribution < 1.29 is 0 Å². The molecule has 0 radical (unpaired) electrons. The third-order valence-corrected chi connectivity index (χ3v) is 15.1. The Hall–Kier alpha value is -3.14. The van der Waals surface area contributed by atoms with Gasteiger partial charge in [0.15, 0.2) is 0 Å². The molecule has 0 saturated carbocycles. The van der Waals surface area contributed by atoms with Gasteiger partial charge in [0.05, 0.1) is 0 Å². The molecule has 0 bridgehead atoms. The molecule has 0 aliphatic rings. The fraction of sp³-hybridized carbons (Fsp3) is 0.0571. The topological polar surface area (TPSA) is 3.24 Å². The minimum atomic E-state index is -2.80. The summed E-state index contributed by atoms with van der Waals surface area (Å²) in [6, 6.07) is 51.2. The number of benzene rings is 6. The summed E-state index contributed by atoms with van der Waals surface area (Å²) in [5.41, 5.74) is 1.13. The first-order chi connectivity index (χ1) is 19.7. The van der Waals surface area contributed by atoms with Gasteiger partial charge >= 0.3 is 252 Å². The minimum absolute atomic E-state index is 0.852. The second-order valence-electron chi connectivity index (χ2n) is 9.62. The van der Waals surface area contributed by atoms with Gasteiger partial charge in [0.25, 0.3) is 0 Å². The molecule has 6 aromatic rings. The number of fused-ring (bicyclic) bond motifs is 2. The van der Waals surface area contributed by atoms with Gasteiger partial charge in [-0.2, -0.15) is 0 Å². The van der Waals surface area contributed by atoms with E-state index in [1.807, 2.05) is 0 Å². The molecule has 0 unspecified atom stereocenters. The second kappa shape index (κ2) is 11.8. The summed E-state index contributed by atoms with van der Waals surface area (Å²) in [5, 5.41) is 10.5. The van der Waals surface area contributed by atoms with Gasteiger partial charge in [-0.05, 0) is 0 Å². The van der Waals surface area contributed by atoms with Crippen LogP contribution in [0.15, 0.2) is 140 Å². The van der Waals surface area contributed by atoms with Gasteiger partial charge in [0, 0.05) is 0 Å². The average Bonchev–Trinajstić information content (AvgIpc) is 3.03. The van der Waals surface area contributed by atoms with Crippen molar-refractivity contribution in [1.29, 1.82) is 0 Å². The van der Waals surface area contributed by atoms with E-state index < -0.39 is 7.26 Å². The molecule has 5 heteroatoms. The van der Waals surface area contributed by atoms with Gasteiger partial charge in [-0.3, -0.25) is 0 Å². The van der Waals surface area contributed by atoms with Crippen LogP contribution in [0, 0.1) is 0 Å². The van der Waals surface area contributed by atoms with Gasteiger partial charge in [-0.15, -0.1) is 0 Å². The molecule has 1 nitrogen and oxygen atoms in total. The summed E-state index contributed by atoms with van der Waals surface area (Å²) in [4.78, 5) is 0.852. The van der Waals surface area contributed by atoms with Crippen molar-refractivity contribution in [1.82, 2.24) is 3.71 Å². The van der Waals surface area contributed by atoms with Crippen molar-refractivity contribution >= 4 is 91.1 Å². The number of hydrogen-bond acceptors (Lipinski definition) is 3. The predicted molar refractivity (Wildman–Crippen MR) is 188 cm³/mol. The van der Waals surface area contributed by atoms with Crippen LogP contribution in [0.2, 0.25) is 0 Å². The average molecular weight is 592 g/mol. The van der Waals surface area contributed by atoms with Crippen molar-refractivity contribution in [3.05, 3.63) is 145 Å². The van der Waals surface area contributed by atoms with E-state index in [0.717, 1.165) is 10.6 Å². The quantitative estimate of drug-likeness (QED) is 0.0804. The Balaban J connectivity index is 1.88. The van der Waals surface area contributed by atoms with Crippen LogP contribution >= 0.6 is 43.4 Å². The zero-order chi connectivity index (χ0) is 27.5. The molecular formula is C35H30NPS3. The summed E-state index contributed by atoms with van der Waals surface area (Å²) in [7, 11) is -2.80. The van der Waals surface area contributed by atoms with Crippen LogP contribution in [0.1, 0.15) is 5.56 Å². The molecule has 0 atom stereocenters. The third kappa shape index (κ3) is 4.44. The molecule has 0 heterocycles. The van der Waals surface area contributed by atoms with Crippen LogP contribution in [0.5, 0.6) is 0 Å². The maximum absolute atomic E-state index is 6.21. The predicted octanol–water partition coefficient (Wildman–Crippen LogP) is 7.88. The van der Waals surface area contributed by atoms with E-state index in [0.29, 0.717) is 0 Å². The fourth-order valence-electron chi connectivity index (χ4n) is 6.09. The standard InChI is InChI=1S/C35H30NPS3/c1-39-36(40-2)35(38)33-29-22-12-14-24-31(29)34(32-25-15-13-23-30(32)33)37(26-16-6-3-7-17-26,27-18-8-4-9-19-27)28-20-10-5-11-21-28/h3-25,37H,1-2H3. The third-order valence-electron chi connectivity index (χ3n) is 7.64. The van der Waals surface area contributed by atoms with Gasteiger partial charge in [0.1, 0.15) is 0 Å². The van der Waals surface area contributed by atoms with E-state index in [2.05, 4.69) is 156 Å². The molecule has 198 valence electrons. The molecule has 40 heavy (non-hydrogen) atoms. The van der Waals surface area contributed by atoms with Crippen LogP contribution < -0.4 is 21.2 Å².